The van der Waals surface area contributed by atoms with E-state index in [1.165, 1.54) is 10.6 Å². The van der Waals surface area contributed by atoms with Crippen LogP contribution in [-0.2, 0) is 17.1 Å². The molecule has 6 heavy (non-hydrogen) atoms. The number of rotatable bonds is 2. The topological polar surface area (TPSA) is 0 Å². The monoisotopic (exact) mass is 134 g/mol. The molecule has 0 aliphatic heterocycles. The third kappa shape index (κ3) is 2.59. The molecule has 0 aliphatic carbocycles. The Labute approximate surface area is 47.2 Å². The number of hydrogen-bond acceptors (Lipinski definition) is 0. The van der Waals surface area contributed by atoms with Gasteiger partial charge in [0, 0.05) is 0 Å². The van der Waals surface area contributed by atoms with E-state index >= 15 is 0 Å². The second kappa shape index (κ2) is 3.55. The summed E-state index contributed by atoms with van der Waals surface area (Å²) < 4.78 is 1.53. The molecule has 0 rings (SSSR count). The van der Waals surface area contributed by atoms with Gasteiger partial charge in [-0.15, -0.1) is 0 Å². The fourth-order valence-corrected chi connectivity index (χ4v) is 1.30. The van der Waals surface area contributed by atoms with Gasteiger partial charge in [-0.2, -0.15) is 0 Å². The van der Waals surface area contributed by atoms with Crippen molar-refractivity contribution < 1.29 is 17.1 Å². The Balaban J connectivity index is 2.99. The molecule has 0 bridgehead atoms. The van der Waals surface area contributed by atoms with Crippen molar-refractivity contribution in [1.29, 1.82) is 0 Å². The summed E-state index contributed by atoms with van der Waals surface area (Å²) in [4.78, 5) is 0. The van der Waals surface area contributed by atoms with Gasteiger partial charge < -0.3 is 0 Å². The molecular formula is C5H10Zn. The summed E-state index contributed by atoms with van der Waals surface area (Å²) in [6.45, 7) is 6.05. The zero-order valence-corrected chi connectivity index (χ0v) is 7.59. The van der Waals surface area contributed by atoms with Crippen molar-refractivity contribution in [2.24, 2.45) is 0 Å². The number of allylic oxidation sites excluding steroid dienone is 1. The summed E-state index contributed by atoms with van der Waals surface area (Å²) >= 11 is -0.203. The zero-order chi connectivity index (χ0) is 4.99. The molecule has 0 N–H and O–H groups in total. The van der Waals surface area contributed by atoms with Crippen LogP contribution in [0, 0.1) is 0 Å². The van der Waals surface area contributed by atoms with Crippen LogP contribution in [0.15, 0.2) is 10.7 Å². The van der Waals surface area contributed by atoms with Gasteiger partial charge in [-0.1, -0.05) is 0 Å². The van der Waals surface area contributed by atoms with E-state index in [0.29, 0.717) is 0 Å². The summed E-state index contributed by atoms with van der Waals surface area (Å²) in [7, 11) is 0. The van der Waals surface area contributed by atoms with Crippen molar-refractivity contribution in [3.05, 3.63) is 10.7 Å². The summed E-state index contributed by atoms with van der Waals surface area (Å²) in [5.74, 6) is 0. The molecule has 0 atom stereocenters. The third-order valence-corrected chi connectivity index (χ3v) is 4.15. The van der Waals surface area contributed by atoms with Crippen LogP contribution in [0.1, 0.15) is 13.3 Å². The minimum absolute atomic E-state index is 0.203. The van der Waals surface area contributed by atoms with E-state index in [1.807, 2.05) is 0 Å². The quantitative estimate of drug-likeness (QED) is 0.509. The van der Waals surface area contributed by atoms with Crippen LogP contribution in [0.2, 0.25) is 5.52 Å². The van der Waals surface area contributed by atoms with Crippen molar-refractivity contribution in [3.8, 4) is 0 Å². The molecule has 1 heteroatoms. The van der Waals surface area contributed by atoms with Crippen molar-refractivity contribution in [3.63, 3.8) is 0 Å². The van der Waals surface area contributed by atoms with Crippen LogP contribution >= 0.6 is 0 Å². The van der Waals surface area contributed by atoms with Gasteiger partial charge in [0.1, 0.15) is 0 Å². The third-order valence-electron chi connectivity index (χ3n) is 1.000. The molecule has 0 aromatic heterocycles. The molecule has 0 fully saturated rings. The first-order chi connectivity index (χ1) is 2.81. The van der Waals surface area contributed by atoms with E-state index in [0.717, 1.165) is 0 Å². The summed E-state index contributed by atoms with van der Waals surface area (Å²) in [6.07, 6.45) is 1.22. The van der Waals surface area contributed by atoms with Gasteiger partial charge in [-0.25, -0.2) is 0 Å². The van der Waals surface area contributed by atoms with Gasteiger partial charge in [0.25, 0.3) is 0 Å². The van der Waals surface area contributed by atoms with Crippen LogP contribution in [0.5, 0.6) is 0 Å². The molecule has 0 radical (unpaired) electrons. The van der Waals surface area contributed by atoms with E-state index in [4.69, 9.17) is 0 Å². The molecule has 0 aromatic rings. The molecule has 0 aromatic carbocycles. The van der Waals surface area contributed by atoms with Gasteiger partial charge in [0.2, 0.25) is 0 Å². The summed E-state index contributed by atoms with van der Waals surface area (Å²) in [5, 5.41) is 0. The van der Waals surface area contributed by atoms with Gasteiger partial charge in [0.05, 0.1) is 0 Å². The van der Waals surface area contributed by atoms with Crippen LogP contribution in [0.3, 0.4) is 0 Å². The van der Waals surface area contributed by atoms with Gasteiger partial charge in [-0.3, -0.25) is 0 Å². The van der Waals surface area contributed by atoms with E-state index < -0.39 is 0 Å². The standard InChI is InChI=1S/C4H7.CH3.Zn/c1-3-4-2;;/h1,4H2,2H3;1H3;. The second-order valence-electron chi connectivity index (χ2n) is 1.46. The van der Waals surface area contributed by atoms with Gasteiger partial charge in [0.15, 0.2) is 0 Å². The fourth-order valence-electron chi connectivity index (χ4n) is 0.250. The molecule has 0 unspecified atom stereocenters. The maximum absolute atomic E-state index is 3.88. The van der Waals surface area contributed by atoms with E-state index in [9.17, 15) is 0 Å². The molecule has 0 nitrogen and oxygen atoms in total. The molecular weight excluding hydrogens is 125 g/mol. The first-order valence-corrected chi connectivity index (χ1v) is 6.93. The molecule has 0 amide bonds. The Morgan fingerprint density at radius 1 is 1.83 bits per heavy atom. The maximum atomic E-state index is 3.88. The molecule has 0 saturated heterocycles. The Kier molecular flexibility index (Phi) is 3.76. The van der Waals surface area contributed by atoms with Crippen LogP contribution in [-0.4, -0.2) is 0 Å². The van der Waals surface area contributed by atoms with Crippen molar-refractivity contribution >= 4 is 0 Å². The van der Waals surface area contributed by atoms with E-state index in [2.05, 4.69) is 19.0 Å². The number of hydrogen-bond donors (Lipinski definition) is 0. The normalized spacial score (nSPS) is 7.00. The Bertz CT molecular complexity index is 41.9. The van der Waals surface area contributed by atoms with Crippen LogP contribution < -0.4 is 0 Å². The van der Waals surface area contributed by atoms with Crippen molar-refractivity contribution in [2.75, 3.05) is 0 Å². The summed E-state index contributed by atoms with van der Waals surface area (Å²) in [5.41, 5.74) is 2.32. The Morgan fingerprint density at radius 2 is 2.33 bits per heavy atom. The minimum atomic E-state index is -0.203. The van der Waals surface area contributed by atoms with Crippen LogP contribution in [0.4, 0.5) is 0 Å². The molecule has 0 spiro atoms. The Hall–Kier alpha value is 0.363. The Morgan fingerprint density at radius 3 is 2.33 bits per heavy atom. The predicted octanol–water partition coefficient (Wildman–Crippen LogP) is 2.04. The first-order valence-electron chi connectivity index (χ1n) is 2.47. The SMILES string of the molecule is C=[C](CC)[Zn][CH3]. The predicted molar refractivity (Wildman–Crippen MR) is 25.3 cm³/mol. The fraction of sp³-hybridized carbons (Fsp3) is 0.600. The average Bonchev–Trinajstić information content (AvgIpc) is 1.65. The average molecular weight is 136 g/mol. The van der Waals surface area contributed by atoms with Crippen molar-refractivity contribution in [2.45, 2.75) is 18.9 Å². The molecule has 0 aliphatic rings. The molecule has 32 valence electrons. The van der Waals surface area contributed by atoms with E-state index in [1.54, 1.807) is 0 Å². The van der Waals surface area contributed by atoms with Crippen molar-refractivity contribution in [1.82, 2.24) is 0 Å². The van der Waals surface area contributed by atoms with Gasteiger partial charge in [-0.05, 0) is 0 Å². The van der Waals surface area contributed by atoms with Gasteiger partial charge >= 0.3 is 46.7 Å². The summed E-state index contributed by atoms with van der Waals surface area (Å²) in [6, 6.07) is 0. The molecule has 0 heterocycles. The second-order valence-corrected chi connectivity index (χ2v) is 5.04. The molecule has 0 saturated carbocycles. The van der Waals surface area contributed by atoms with E-state index in [-0.39, 0.29) is 17.1 Å². The van der Waals surface area contributed by atoms with Crippen LogP contribution in [0.25, 0.3) is 0 Å². The zero-order valence-electron chi connectivity index (χ0n) is 4.62. The first kappa shape index (κ1) is 6.36.